The second-order valence-corrected chi connectivity index (χ2v) is 2.51. The summed E-state index contributed by atoms with van der Waals surface area (Å²) in [5, 5.41) is 8.58. The zero-order valence-electron chi connectivity index (χ0n) is 3.97. The first-order valence-electron chi connectivity index (χ1n) is 1.79. The molecule has 0 saturated carbocycles. The fourth-order valence-electron chi connectivity index (χ4n) is 0.130. The van der Waals surface area contributed by atoms with Crippen molar-refractivity contribution in [1.82, 2.24) is 0 Å². The topological polar surface area (TPSA) is 55.5 Å². The van der Waals surface area contributed by atoms with Gasteiger partial charge in [0.25, 0.3) is 0 Å². The van der Waals surface area contributed by atoms with E-state index in [0.29, 0.717) is 0 Å². The predicted molar refractivity (Wildman–Crippen MR) is 35.0 cm³/mol. The molecule has 3 N–H and O–H groups in total. The molecular weight excluding hydrogens is 209 g/mol. The minimum absolute atomic E-state index is 0.331. The van der Waals surface area contributed by atoms with E-state index in [0.717, 1.165) is 0 Å². The van der Waals surface area contributed by atoms with Crippen LogP contribution < -0.4 is 5.73 Å². The largest absolute Gasteiger partial charge is 0.366 e. The average molecular weight is 217 g/mol. The first kappa shape index (κ1) is 7.61. The zero-order chi connectivity index (χ0) is 5.86. The summed E-state index contributed by atoms with van der Waals surface area (Å²) in [5.74, 6) is 0. The predicted octanol–water partition coefficient (Wildman–Crippen LogP) is -0.329. The number of hydrogen-bond donors (Lipinski definition) is 2. The van der Waals surface area contributed by atoms with E-state index in [4.69, 9.17) is 10.8 Å². The Morgan fingerprint density at radius 3 is 2.29 bits per heavy atom. The van der Waals surface area contributed by atoms with Gasteiger partial charge in [-0.05, 0) is 0 Å². The van der Waals surface area contributed by atoms with Crippen molar-refractivity contribution in [3.05, 3.63) is 0 Å². The highest BCUT2D eigenvalue weighted by molar-refractivity contribution is 14.1. The van der Waals surface area contributed by atoms with Crippen molar-refractivity contribution in [2.24, 2.45) is 5.73 Å². The van der Waals surface area contributed by atoms with E-state index in [-0.39, 0.29) is 4.05 Å². The maximum absolute atomic E-state index is 8.58. The summed E-state index contributed by atoms with van der Waals surface area (Å²) >= 11 is 1.87. The van der Waals surface area contributed by atoms with Gasteiger partial charge in [-0.2, -0.15) is 0 Å². The summed E-state index contributed by atoms with van der Waals surface area (Å²) in [6.07, 6.45) is -0.833. The van der Waals surface area contributed by atoms with Gasteiger partial charge in [0, 0.05) is 7.11 Å². The van der Waals surface area contributed by atoms with Crippen molar-refractivity contribution in [3.63, 3.8) is 0 Å². The average Bonchev–Trinajstić information content (AvgIpc) is 1.65. The number of hydrogen-bond acceptors (Lipinski definition) is 3. The van der Waals surface area contributed by atoms with E-state index < -0.39 is 6.29 Å². The lowest BCUT2D eigenvalue weighted by atomic mass is 10.7. The van der Waals surface area contributed by atoms with Crippen LogP contribution in [0.5, 0.6) is 0 Å². The Kier molecular flexibility index (Phi) is 3.91. The second kappa shape index (κ2) is 3.59. The van der Waals surface area contributed by atoms with Gasteiger partial charge in [-0.15, -0.1) is 0 Å². The minimum atomic E-state index is -0.833. The number of nitrogens with two attached hydrogens (primary N) is 1. The van der Waals surface area contributed by atoms with Crippen LogP contribution in [-0.4, -0.2) is 22.6 Å². The van der Waals surface area contributed by atoms with E-state index in [2.05, 4.69) is 4.74 Å². The van der Waals surface area contributed by atoms with E-state index in [1.54, 1.807) is 0 Å². The van der Waals surface area contributed by atoms with Gasteiger partial charge >= 0.3 is 0 Å². The summed E-state index contributed by atoms with van der Waals surface area (Å²) in [4.78, 5) is 0. The van der Waals surface area contributed by atoms with Crippen LogP contribution in [0.4, 0.5) is 0 Å². The fourth-order valence-corrected chi connectivity index (χ4v) is 0.424. The van der Waals surface area contributed by atoms with Crippen LogP contribution in [0.1, 0.15) is 0 Å². The van der Waals surface area contributed by atoms with Crippen molar-refractivity contribution in [2.45, 2.75) is 10.3 Å². The SMILES string of the molecule is COC(O)C(N)I. The monoisotopic (exact) mass is 217 g/mol. The molecule has 0 aromatic rings. The molecule has 4 heteroatoms. The molecule has 3 nitrogen and oxygen atoms in total. The maximum Gasteiger partial charge on any atom is 0.178 e. The van der Waals surface area contributed by atoms with E-state index >= 15 is 0 Å². The first-order valence-corrected chi connectivity index (χ1v) is 3.03. The second-order valence-electron chi connectivity index (χ2n) is 1.07. The molecule has 0 bridgehead atoms. The lowest BCUT2D eigenvalue weighted by Crippen LogP contribution is -2.29. The van der Waals surface area contributed by atoms with Gasteiger partial charge in [0.15, 0.2) is 6.29 Å². The summed E-state index contributed by atoms with van der Waals surface area (Å²) in [6, 6.07) is 0. The first-order chi connectivity index (χ1) is 3.18. The lowest BCUT2D eigenvalue weighted by Gasteiger charge is -2.08. The number of rotatable bonds is 2. The molecule has 0 aliphatic heterocycles. The molecule has 0 heterocycles. The number of aliphatic hydroxyl groups excluding tert-OH is 1. The Bertz CT molecular complexity index is 50.2. The number of methoxy groups -OCH3 is 1. The molecule has 7 heavy (non-hydrogen) atoms. The third kappa shape index (κ3) is 3.22. The summed E-state index contributed by atoms with van der Waals surface area (Å²) < 4.78 is 4.10. The molecule has 0 spiro atoms. The third-order valence-corrected chi connectivity index (χ3v) is 1.13. The number of ether oxygens (including phenoxy) is 1. The van der Waals surface area contributed by atoms with E-state index in [1.165, 1.54) is 7.11 Å². The number of alkyl halides is 1. The Morgan fingerprint density at radius 1 is 1.86 bits per heavy atom. The molecule has 0 amide bonds. The van der Waals surface area contributed by atoms with Crippen LogP contribution in [0.25, 0.3) is 0 Å². The molecule has 0 aliphatic rings. The Morgan fingerprint density at radius 2 is 2.29 bits per heavy atom. The van der Waals surface area contributed by atoms with Crippen LogP contribution in [0.3, 0.4) is 0 Å². The molecule has 0 aliphatic carbocycles. The number of aliphatic hydroxyl groups is 1. The van der Waals surface area contributed by atoms with Crippen molar-refractivity contribution in [2.75, 3.05) is 7.11 Å². The highest BCUT2D eigenvalue weighted by atomic mass is 127. The molecule has 0 fully saturated rings. The van der Waals surface area contributed by atoms with E-state index in [9.17, 15) is 0 Å². The van der Waals surface area contributed by atoms with Crippen LogP contribution in [0.15, 0.2) is 0 Å². The molecule has 2 unspecified atom stereocenters. The zero-order valence-corrected chi connectivity index (χ0v) is 6.12. The molecule has 2 atom stereocenters. The molecule has 44 valence electrons. The molecule has 0 aromatic heterocycles. The standard InChI is InChI=1S/C3H8INO2/c1-7-3(6)2(4)5/h2-3,6H,5H2,1H3. The molecule has 0 radical (unpaired) electrons. The van der Waals surface area contributed by atoms with Crippen LogP contribution >= 0.6 is 22.6 Å². The normalized spacial score (nSPS) is 18.9. The van der Waals surface area contributed by atoms with Crippen LogP contribution in [-0.2, 0) is 4.74 Å². The summed E-state index contributed by atoms with van der Waals surface area (Å²) in [6.45, 7) is 0. The fraction of sp³-hybridized carbons (Fsp3) is 1.00. The van der Waals surface area contributed by atoms with Gasteiger partial charge < -0.3 is 15.6 Å². The third-order valence-electron chi connectivity index (χ3n) is 0.514. The maximum atomic E-state index is 8.58. The van der Waals surface area contributed by atoms with Crippen molar-refractivity contribution >= 4 is 22.6 Å². The Labute approximate surface area is 56.0 Å². The summed E-state index contributed by atoms with van der Waals surface area (Å²) in [7, 11) is 1.41. The highest BCUT2D eigenvalue weighted by Gasteiger charge is 2.06. The van der Waals surface area contributed by atoms with Crippen LogP contribution in [0, 0.1) is 0 Å². The van der Waals surface area contributed by atoms with Gasteiger partial charge in [-0.1, -0.05) is 22.6 Å². The number of halogens is 1. The molecule has 0 rings (SSSR count). The van der Waals surface area contributed by atoms with Gasteiger partial charge in [-0.3, -0.25) is 0 Å². The Balaban J connectivity index is 3.14. The Hall–Kier alpha value is 0.610. The van der Waals surface area contributed by atoms with Gasteiger partial charge in [0.2, 0.25) is 0 Å². The van der Waals surface area contributed by atoms with Crippen LogP contribution in [0.2, 0.25) is 0 Å². The smallest absolute Gasteiger partial charge is 0.178 e. The van der Waals surface area contributed by atoms with Gasteiger partial charge in [0.1, 0.15) is 4.05 Å². The molecular formula is C3H8INO2. The molecule has 0 saturated heterocycles. The van der Waals surface area contributed by atoms with Crippen molar-refractivity contribution < 1.29 is 9.84 Å². The minimum Gasteiger partial charge on any atom is -0.366 e. The van der Waals surface area contributed by atoms with Crippen molar-refractivity contribution in [1.29, 1.82) is 0 Å². The van der Waals surface area contributed by atoms with Gasteiger partial charge in [0.05, 0.1) is 0 Å². The summed E-state index contributed by atoms with van der Waals surface area (Å²) in [5.41, 5.74) is 5.16. The molecule has 0 aromatic carbocycles. The lowest BCUT2D eigenvalue weighted by molar-refractivity contribution is -0.0693. The quantitative estimate of drug-likeness (QED) is 0.288. The van der Waals surface area contributed by atoms with E-state index in [1.807, 2.05) is 22.6 Å². The van der Waals surface area contributed by atoms with Gasteiger partial charge in [-0.25, -0.2) is 0 Å². The van der Waals surface area contributed by atoms with Crippen molar-refractivity contribution in [3.8, 4) is 0 Å². The highest BCUT2D eigenvalue weighted by Crippen LogP contribution is 1.97.